The number of hydrogen-bond donors (Lipinski definition) is 3. The summed E-state index contributed by atoms with van der Waals surface area (Å²) < 4.78 is 2.05. The first-order valence-corrected chi connectivity index (χ1v) is 13.4. The Kier molecular flexibility index (Phi) is 8.99. The van der Waals surface area contributed by atoms with Crippen LogP contribution in [0.2, 0.25) is 0 Å². The molecule has 0 atom stereocenters. The molecule has 0 fully saturated rings. The van der Waals surface area contributed by atoms with Crippen molar-refractivity contribution in [3.05, 3.63) is 96.8 Å². The van der Waals surface area contributed by atoms with Crippen molar-refractivity contribution in [3.8, 4) is 11.4 Å². The number of aryl methyl sites for hydroxylation is 1. The van der Waals surface area contributed by atoms with Crippen molar-refractivity contribution < 1.29 is 4.79 Å². The van der Waals surface area contributed by atoms with Crippen molar-refractivity contribution in [2.24, 2.45) is 0 Å². The fourth-order valence-corrected chi connectivity index (χ4v) is 4.61. The van der Waals surface area contributed by atoms with Gasteiger partial charge in [-0.2, -0.15) is 0 Å². The van der Waals surface area contributed by atoms with Crippen LogP contribution in [0, 0.1) is 0 Å². The monoisotopic (exact) mass is 523 g/mol. The van der Waals surface area contributed by atoms with Gasteiger partial charge in [-0.15, -0.1) is 0 Å². The Labute approximate surface area is 229 Å². The molecule has 4 aromatic rings. The van der Waals surface area contributed by atoms with Crippen LogP contribution in [0.1, 0.15) is 32.5 Å². The predicted octanol–water partition coefficient (Wildman–Crippen LogP) is 5.42. The largest absolute Gasteiger partial charge is 0.387 e. The number of anilines is 1. The summed E-state index contributed by atoms with van der Waals surface area (Å²) in [5.41, 5.74) is 11.7. The molecule has 3 aromatic heterocycles. The molecule has 5 rings (SSSR count). The van der Waals surface area contributed by atoms with Crippen LogP contribution in [0.5, 0.6) is 0 Å². The van der Waals surface area contributed by atoms with Gasteiger partial charge in [0.15, 0.2) is 0 Å². The van der Waals surface area contributed by atoms with Crippen molar-refractivity contribution >= 4 is 28.1 Å². The standard InChI is InChI=1S/C17H17N5.C14H20N2O/c1-2-5-14-21-15(16-17(18)19-8-9-22(14)16)13-10-11-6-3-4-7-12(11)20-13;1-4-6-7-13(12-8-9-15-11-12)14(17)16(3)10-5-2/h3-4,6-10,20H,2,5H2,1H3,(H2,18,19);4,6-9,15H,1,5,10-11H2,2-3H3/b;7-6-,13-12+. The SMILES string of the molecule is C=C/C=C\C(C(=O)N(C)CCC)=C1\C=CNC1.CCCc1nc(-c2cc3ccccc3[nH]2)c2c(N)nccn12. The maximum absolute atomic E-state index is 12.2. The number of hydrogen-bond acceptors (Lipinski definition) is 5. The van der Waals surface area contributed by atoms with Gasteiger partial charge in [0.1, 0.15) is 22.9 Å². The summed E-state index contributed by atoms with van der Waals surface area (Å²) in [7, 11) is 1.83. The topological polar surface area (TPSA) is 104 Å². The number of carbonyl (C=O) groups is 1. The highest BCUT2D eigenvalue weighted by Gasteiger charge is 2.18. The number of para-hydroxylation sites is 1. The van der Waals surface area contributed by atoms with Gasteiger partial charge in [0, 0.05) is 55.4 Å². The van der Waals surface area contributed by atoms with Gasteiger partial charge < -0.3 is 20.9 Å². The van der Waals surface area contributed by atoms with Gasteiger partial charge in [-0.3, -0.25) is 9.20 Å². The molecular weight excluding hydrogens is 486 g/mol. The first-order chi connectivity index (χ1) is 19.0. The van der Waals surface area contributed by atoms with Gasteiger partial charge in [-0.05, 0) is 48.9 Å². The summed E-state index contributed by atoms with van der Waals surface area (Å²) in [6.45, 7) is 9.32. The summed E-state index contributed by atoms with van der Waals surface area (Å²) in [5, 5.41) is 4.25. The normalized spacial score (nSPS) is 13.9. The molecule has 0 radical (unpaired) electrons. The van der Waals surface area contributed by atoms with Crippen LogP contribution in [0.15, 0.2) is 91.0 Å². The quantitative estimate of drug-likeness (QED) is 0.211. The maximum Gasteiger partial charge on any atom is 0.253 e. The molecule has 0 saturated heterocycles. The van der Waals surface area contributed by atoms with Gasteiger partial charge in [-0.25, -0.2) is 9.97 Å². The second kappa shape index (κ2) is 12.8. The number of nitrogens with zero attached hydrogens (tertiary/aromatic N) is 4. The van der Waals surface area contributed by atoms with E-state index in [1.807, 2.05) is 48.1 Å². The number of nitrogens with one attached hydrogen (secondary N) is 2. The number of carbonyl (C=O) groups excluding carboxylic acids is 1. The Hall–Kier alpha value is -4.59. The van der Waals surface area contributed by atoms with E-state index >= 15 is 0 Å². The van der Waals surface area contributed by atoms with E-state index in [1.54, 1.807) is 23.2 Å². The van der Waals surface area contributed by atoms with E-state index < -0.39 is 0 Å². The Balaban J connectivity index is 0.000000188. The Morgan fingerprint density at radius 1 is 1.26 bits per heavy atom. The van der Waals surface area contributed by atoms with Crippen LogP contribution in [-0.2, 0) is 11.2 Å². The number of amides is 1. The minimum Gasteiger partial charge on any atom is -0.387 e. The molecule has 0 aliphatic carbocycles. The minimum absolute atomic E-state index is 0.0632. The van der Waals surface area contributed by atoms with Crippen LogP contribution >= 0.6 is 0 Å². The summed E-state index contributed by atoms with van der Waals surface area (Å²) in [4.78, 5) is 26.5. The molecular formula is C31H37N7O. The number of imidazole rings is 1. The molecule has 1 aromatic carbocycles. The predicted molar refractivity (Wildman–Crippen MR) is 160 cm³/mol. The number of likely N-dealkylation sites (N-methyl/N-ethyl adjacent to an activating group) is 1. The van der Waals surface area contributed by atoms with Crippen molar-refractivity contribution in [3.63, 3.8) is 0 Å². The van der Waals surface area contributed by atoms with Crippen molar-refractivity contribution in [2.75, 3.05) is 25.9 Å². The zero-order valence-corrected chi connectivity index (χ0v) is 22.9. The number of fused-ring (bicyclic) bond motifs is 2. The maximum atomic E-state index is 12.2. The minimum atomic E-state index is 0.0632. The van der Waals surface area contributed by atoms with E-state index in [9.17, 15) is 4.79 Å². The van der Waals surface area contributed by atoms with Crippen molar-refractivity contribution in [2.45, 2.75) is 33.1 Å². The molecule has 4 N–H and O–H groups in total. The number of aromatic amines is 1. The summed E-state index contributed by atoms with van der Waals surface area (Å²) >= 11 is 0. The van der Waals surface area contributed by atoms with Gasteiger partial charge in [0.05, 0.1) is 5.69 Å². The highest BCUT2D eigenvalue weighted by Crippen LogP contribution is 2.30. The Morgan fingerprint density at radius 3 is 2.77 bits per heavy atom. The average Bonchev–Trinajstić information content (AvgIpc) is 3.69. The van der Waals surface area contributed by atoms with Crippen LogP contribution in [0.25, 0.3) is 27.8 Å². The zero-order chi connectivity index (χ0) is 27.8. The highest BCUT2D eigenvalue weighted by atomic mass is 16.2. The average molecular weight is 524 g/mol. The molecule has 1 aliphatic heterocycles. The number of H-pyrrole nitrogens is 1. The van der Waals surface area contributed by atoms with Crippen LogP contribution in [0.3, 0.4) is 0 Å². The van der Waals surface area contributed by atoms with Crippen LogP contribution in [0.4, 0.5) is 5.82 Å². The molecule has 202 valence electrons. The molecule has 1 aliphatic rings. The second-order valence-electron chi connectivity index (χ2n) is 9.40. The number of nitrogen functional groups attached to an aromatic ring is 1. The summed E-state index contributed by atoms with van der Waals surface area (Å²) in [6.07, 6.45) is 15.7. The van der Waals surface area contributed by atoms with Gasteiger partial charge in [0.25, 0.3) is 5.91 Å². The van der Waals surface area contributed by atoms with E-state index in [-0.39, 0.29) is 5.91 Å². The molecule has 0 spiro atoms. The fraction of sp³-hybridized carbons (Fsp3) is 0.258. The van der Waals surface area contributed by atoms with Crippen LogP contribution in [-0.4, -0.2) is 50.3 Å². The third-order valence-corrected chi connectivity index (χ3v) is 6.49. The van der Waals surface area contributed by atoms with Crippen molar-refractivity contribution in [1.82, 2.24) is 29.6 Å². The number of rotatable bonds is 8. The molecule has 1 amide bonds. The number of aromatic nitrogens is 4. The highest BCUT2D eigenvalue weighted by molar-refractivity contribution is 5.97. The second-order valence-corrected chi connectivity index (χ2v) is 9.40. The van der Waals surface area contributed by atoms with Gasteiger partial charge in [-0.1, -0.05) is 50.8 Å². The van der Waals surface area contributed by atoms with Crippen LogP contribution < -0.4 is 11.1 Å². The van der Waals surface area contributed by atoms with E-state index in [2.05, 4.69) is 53.9 Å². The molecule has 4 heterocycles. The smallest absolute Gasteiger partial charge is 0.253 e. The fourth-order valence-electron chi connectivity index (χ4n) is 4.61. The molecule has 0 bridgehead atoms. The first-order valence-electron chi connectivity index (χ1n) is 13.4. The Morgan fingerprint density at radius 2 is 2.08 bits per heavy atom. The third-order valence-electron chi connectivity index (χ3n) is 6.49. The van der Waals surface area contributed by atoms with E-state index in [1.165, 1.54) is 0 Å². The molecule has 39 heavy (non-hydrogen) atoms. The molecule has 8 heteroatoms. The lowest BCUT2D eigenvalue weighted by Crippen LogP contribution is -2.29. The lowest BCUT2D eigenvalue weighted by molar-refractivity contribution is -0.125. The van der Waals surface area contributed by atoms with E-state index in [0.29, 0.717) is 12.4 Å². The number of nitrogens with two attached hydrogens (primary N) is 1. The number of allylic oxidation sites excluding steroid dienone is 2. The molecule has 0 unspecified atom stereocenters. The summed E-state index contributed by atoms with van der Waals surface area (Å²) in [6, 6.07) is 10.3. The zero-order valence-electron chi connectivity index (χ0n) is 22.9. The Bertz CT molecular complexity index is 1520. The van der Waals surface area contributed by atoms with Gasteiger partial charge >= 0.3 is 0 Å². The lowest BCUT2D eigenvalue weighted by Gasteiger charge is -2.17. The van der Waals surface area contributed by atoms with Crippen molar-refractivity contribution in [1.29, 1.82) is 0 Å². The molecule has 0 saturated carbocycles. The van der Waals surface area contributed by atoms with Gasteiger partial charge in [0.2, 0.25) is 0 Å². The lowest BCUT2D eigenvalue weighted by atomic mass is 10.1. The summed E-state index contributed by atoms with van der Waals surface area (Å²) in [5.74, 6) is 1.58. The first kappa shape index (κ1) is 27.4. The van der Waals surface area contributed by atoms with E-state index in [4.69, 9.17) is 10.7 Å². The van der Waals surface area contributed by atoms with E-state index in [0.717, 1.165) is 70.6 Å². The number of benzene rings is 1. The molecule has 8 nitrogen and oxygen atoms in total. The third kappa shape index (κ3) is 6.12.